The van der Waals surface area contributed by atoms with Gasteiger partial charge in [0.15, 0.2) is 6.10 Å². The first kappa shape index (κ1) is 57.4. The molecule has 0 unspecified atom stereocenters. The Morgan fingerprint density at radius 3 is 0.831 bits per heavy atom. The molecule has 0 radical (unpaired) electrons. The molecule has 0 aliphatic rings. The van der Waals surface area contributed by atoms with E-state index in [1.807, 2.05) is 0 Å². The zero-order valence-electron chi connectivity index (χ0n) is 40.2. The second-order valence-corrected chi connectivity index (χ2v) is 18.6. The zero-order chi connectivity index (χ0) is 43.1. The van der Waals surface area contributed by atoms with Crippen molar-refractivity contribution in [1.29, 1.82) is 0 Å². The summed E-state index contributed by atoms with van der Waals surface area (Å²) in [6.45, 7) is 9.00. The molecule has 0 aromatic heterocycles. The molecule has 0 aromatic carbocycles. The van der Waals surface area contributed by atoms with Crippen molar-refractivity contribution < 1.29 is 28.6 Å². The summed E-state index contributed by atoms with van der Waals surface area (Å²) in [5.74, 6) is -0.0286. The predicted octanol–water partition coefficient (Wildman–Crippen LogP) is 17.1. The smallest absolute Gasteiger partial charge is 0.306 e. The number of carbonyl (C=O) groups excluding carboxylic acids is 3. The van der Waals surface area contributed by atoms with Crippen molar-refractivity contribution in [1.82, 2.24) is 0 Å². The van der Waals surface area contributed by atoms with Crippen LogP contribution in [0.2, 0.25) is 0 Å². The molecule has 6 nitrogen and oxygen atoms in total. The normalized spacial score (nSPS) is 11.9. The number of hydrogen-bond donors (Lipinski definition) is 0. The first-order chi connectivity index (χ1) is 28.9. The Bertz CT molecular complexity index is 887. The minimum Gasteiger partial charge on any atom is -0.462 e. The molecule has 0 aliphatic carbocycles. The summed E-state index contributed by atoms with van der Waals surface area (Å²) in [5.41, 5.74) is 0. The predicted molar refractivity (Wildman–Crippen MR) is 252 cm³/mol. The molecule has 0 fully saturated rings. The van der Waals surface area contributed by atoms with Gasteiger partial charge in [-0.15, -0.1) is 0 Å². The lowest BCUT2D eigenvalue weighted by atomic mass is 10.0. The van der Waals surface area contributed by atoms with Crippen molar-refractivity contribution in [2.75, 3.05) is 13.2 Å². The van der Waals surface area contributed by atoms with Crippen LogP contribution < -0.4 is 0 Å². The van der Waals surface area contributed by atoms with E-state index in [-0.39, 0.29) is 31.1 Å². The van der Waals surface area contributed by atoms with Crippen molar-refractivity contribution in [3.63, 3.8) is 0 Å². The van der Waals surface area contributed by atoms with Gasteiger partial charge >= 0.3 is 17.9 Å². The molecule has 0 saturated heterocycles. The molecule has 0 heterocycles. The van der Waals surface area contributed by atoms with Crippen LogP contribution in [0.5, 0.6) is 0 Å². The lowest BCUT2D eigenvalue weighted by Gasteiger charge is -2.18. The highest BCUT2D eigenvalue weighted by molar-refractivity contribution is 5.71. The molecule has 1 atom stereocenters. The van der Waals surface area contributed by atoms with Gasteiger partial charge in [-0.05, 0) is 25.2 Å². The van der Waals surface area contributed by atoms with Crippen LogP contribution in [0.4, 0.5) is 0 Å². The van der Waals surface area contributed by atoms with E-state index >= 15 is 0 Å². The Balaban J connectivity index is 4.23. The van der Waals surface area contributed by atoms with Crippen LogP contribution in [0.3, 0.4) is 0 Å². The zero-order valence-corrected chi connectivity index (χ0v) is 40.2. The maximum Gasteiger partial charge on any atom is 0.306 e. The maximum absolute atomic E-state index is 12.8. The van der Waals surface area contributed by atoms with Crippen LogP contribution in [-0.2, 0) is 28.6 Å². The summed E-state index contributed by atoms with van der Waals surface area (Å²) < 4.78 is 16.8. The number of unbranched alkanes of at least 4 members (excludes halogenated alkanes) is 35. The fourth-order valence-electron chi connectivity index (χ4n) is 8.04. The standard InChI is InChI=1S/C53H102O6/c1-5-7-9-11-13-15-16-17-18-19-20-21-22-23-24-30-34-38-42-46-53(56)59-50(47-57-51(54)44-40-36-32-27-14-12-10-8-6-2)48-58-52(55)45-41-37-33-29-26-25-28-31-35-39-43-49(3)4/h49-50H,5-48H2,1-4H3/t50-/m0/s1. The Morgan fingerprint density at radius 1 is 0.322 bits per heavy atom. The highest BCUT2D eigenvalue weighted by Gasteiger charge is 2.19. The lowest BCUT2D eigenvalue weighted by molar-refractivity contribution is -0.167. The quantitative estimate of drug-likeness (QED) is 0.0345. The molecular formula is C53H102O6. The third kappa shape index (κ3) is 47.3. The summed E-state index contributed by atoms with van der Waals surface area (Å²) in [7, 11) is 0. The molecule has 0 bridgehead atoms. The largest absolute Gasteiger partial charge is 0.462 e. The lowest BCUT2D eigenvalue weighted by Crippen LogP contribution is -2.30. The highest BCUT2D eigenvalue weighted by atomic mass is 16.6. The fraction of sp³-hybridized carbons (Fsp3) is 0.943. The van der Waals surface area contributed by atoms with Crippen LogP contribution in [0.15, 0.2) is 0 Å². The van der Waals surface area contributed by atoms with Gasteiger partial charge in [0, 0.05) is 19.3 Å². The summed E-state index contributed by atoms with van der Waals surface area (Å²) in [4.78, 5) is 37.9. The highest BCUT2D eigenvalue weighted by Crippen LogP contribution is 2.17. The third-order valence-corrected chi connectivity index (χ3v) is 12.0. The molecule has 0 aliphatic heterocycles. The first-order valence-corrected chi connectivity index (χ1v) is 26.4. The van der Waals surface area contributed by atoms with Gasteiger partial charge in [-0.1, -0.05) is 259 Å². The van der Waals surface area contributed by atoms with E-state index in [4.69, 9.17) is 14.2 Å². The molecule has 0 N–H and O–H groups in total. The van der Waals surface area contributed by atoms with Crippen molar-refractivity contribution in [3.05, 3.63) is 0 Å². The number of rotatable bonds is 48. The fourth-order valence-corrected chi connectivity index (χ4v) is 8.04. The molecule has 6 heteroatoms. The van der Waals surface area contributed by atoms with Crippen LogP contribution >= 0.6 is 0 Å². The number of carbonyl (C=O) groups is 3. The number of ether oxygens (including phenoxy) is 3. The summed E-state index contributed by atoms with van der Waals surface area (Å²) >= 11 is 0. The number of esters is 3. The van der Waals surface area contributed by atoms with Crippen LogP contribution in [0.25, 0.3) is 0 Å². The number of hydrogen-bond acceptors (Lipinski definition) is 6. The average molecular weight is 835 g/mol. The Kier molecular flexibility index (Phi) is 46.2. The van der Waals surface area contributed by atoms with E-state index in [9.17, 15) is 14.4 Å². The minimum atomic E-state index is -0.760. The first-order valence-electron chi connectivity index (χ1n) is 26.4. The minimum absolute atomic E-state index is 0.0632. The van der Waals surface area contributed by atoms with E-state index in [1.54, 1.807) is 0 Å². The average Bonchev–Trinajstić information content (AvgIpc) is 3.22. The van der Waals surface area contributed by atoms with E-state index < -0.39 is 6.10 Å². The van der Waals surface area contributed by atoms with Gasteiger partial charge in [0.05, 0.1) is 0 Å². The summed E-state index contributed by atoms with van der Waals surface area (Å²) in [6.07, 6.45) is 49.5. The molecule has 59 heavy (non-hydrogen) atoms. The van der Waals surface area contributed by atoms with Crippen molar-refractivity contribution >= 4 is 17.9 Å². The van der Waals surface area contributed by atoms with Gasteiger partial charge in [-0.25, -0.2) is 0 Å². The molecule has 0 rings (SSSR count). The van der Waals surface area contributed by atoms with E-state index in [0.717, 1.165) is 63.7 Å². The molecular weight excluding hydrogens is 733 g/mol. The Morgan fingerprint density at radius 2 is 0.559 bits per heavy atom. The molecule has 0 saturated carbocycles. The molecule has 0 amide bonds. The molecule has 350 valence electrons. The van der Waals surface area contributed by atoms with Gasteiger partial charge in [0.2, 0.25) is 0 Å². The van der Waals surface area contributed by atoms with Crippen molar-refractivity contribution in [2.24, 2.45) is 5.92 Å². The summed E-state index contributed by atoms with van der Waals surface area (Å²) in [6, 6.07) is 0. The van der Waals surface area contributed by atoms with Crippen molar-refractivity contribution in [2.45, 2.75) is 303 Å². The molecule has 0 spiro atoms. The maximum atomic E-state index is 12.8. The van der Waals surface area contributed by atoms with Crippen molar-refractivity contribution in [3.8, 4) is 0 Å². The van der Waals surface area contributed by atoms with Crippen LogP contribution in [0.1, 0.15) is 297 Å². The second-order valence-electron chi connectivity index (χ2n) is 18.6. The topological polar surface area (TPSA) is 78.9 Å². The monoisotopic (exact) mass is 835 g/mol. The second kappa shape index (κ2) is 47.5. The van der Waals surface area contributed by atoms with Gasteiger partial charge in [-0.3, -0.25) is 14.4 Å². The van der Waals surface area contributed by atoms with E-state index in [0.29, 0.717) is 19.3 Å². The van der Waals surface area contributed by atoms with Gasteiger partial charge in [0.1, 0.15) is 13.2 Å². The van der Waals surface area contributed by atoms with E-state index in [2.05, 4.69) is 27.7 Å². The molecule has 0 aromatic rings. The van der Waals surface area contributed by atoms with Gasteiger partial charge in [-0.2, -0.15) is 0 Å². The Labute approximate surface area is 368 Å². The van der Waals surface area contributed by atoms with Gasteiger partial charge in [0.25, 0.3) is 0 Å². The SMILES string of the molecule is CCCCCCCCCCCCCCCCCCCCCC(=O)O[C@@H](COC(=O)CCCCCCCCCCC)COC(=O)CCCCCCCCCCCCC(C)C. The van der Waals surface area contributed by atoms with E-state index in [1.165, 1.54) is 193 Å². The summed E-state index contributed by atoms with van der Waals surface area (Å²) in [5, 5.41) is 0. The van der Waals surface area contributed by atoms with Crippen LogP contribution in [-0.4, -0.2) is 37.2 Å². The van der Waals surface area contributed by atoms with Gasteiger partial charge < -0.3 is 14.2 Å². The van der Waals surface area contributed by atoms with Crippen LogP contribution in [0, 0.1) is 5.92 Å². The Hall–Kier alpha value is -1.59. The third-order valence-electron chi connectivity index (χ3n) is 12.0.